The summed E-state index contributed by atoms with van der Waals surface area (Å²) in [5, 5.41) is 0. The third kappa shape index (κ3) is 2.67. The van der Waals surface area contributed by atoms with Crippen LogP contribution < -0.4 is 10.6 Å². The fraction of sp³-hybridized carbons (Fsp3) is 0.533. The van der Waals surface area contributed by atoms with E-state index in [1.54, 1.807) is 13.0 Å². The minimum absolute atomic E-state index is 0.345. The first-order chi connectivity index (χ1) is 9.04. The van der Waals surface area contributed by atoms with Crippen LogP contribution in [0, 0.1) is 11.8 Å². The summed E-state index contributed by atoms with van der Waals surface area (Å²) in [7, 11) is 0. The molecule has 2 unspecified atom stereocenters. The normalized spacial score (nSPS) is 22.6. The summed E-state index contributed by atoms with van der Waals surface area (Å²) in [6, 6.07) is 5.56. The summed E-state index contributed by atoms with van der Waals surface area (Å²) >= 11 is 0. The number of hydrogen-bond acceptors (Lipinski definition) is 4. The molecule has 0 spiro atoms. The highest BCUT2D eigenvalue weighted by atomic mass is 16.5. The number of rotatable bonds is 3. The predicted octanol–water partition coefficient (Wildman–Crippen LogP) is 2.54. The number of ether oxygens (including phenoxy) is 1. The van der Waals surface area contributed by atoms with E-state index in [9.17, 15) is 4.79 Å². The topological polar surface area (TPSA) is 55.6 Å². The van der Waals surface area contributed by atoms with Crippen LogP contribution in [0.5, 0.6) is 0 Å². The van der Waals surface area contributed by atoms with Gasteiger partial charge in [-0.1, -0.05) is 19.9 Å². The van der Waals surface area contributed by atoms with Crippen LogP contribution in [0.25, 0.3) is 0 Å². The lowest BCUT2D eigenvalue weighted by Crippen LogP contribution is -2.22. The van der Waals surface area contributed by atoms with Gasteiger partial charge in [-0.2, -0.15) is 0 Å². The van der Waals surface area contributed by atoms with Crippen molar-refractivity contribution in [3.05, 3.63) is 23.8 Å². The Kier molecular flexibility index (Phi) is 3.98. The largest absolute Gasteiger partial charge is 0.462 e. The zero-order chi connectivity index (χ0) is 14.0. The highest BCUT2D eigenvalue weighted by Gasteiger charge is 2.28. The van der Waals surface area contributed by atoms with Crippen molar-refractivity contribution in [3.8, 4) is 0 Å². The molecule has 4 heteroatoms. The molecule has 1 heterocycles. The maximum atomic E-state index is 11.8. The maximum Gasteiger partial charge on any atom is 0.340 e. The van der Waals surface area contributed by atoms with Gasteiger partial charge in [-0.05, 0) is 30.9 Å². The lowest BCUT2D eigenvalue weighted by Gasteiger charge is -2.21. The molecule has 0 aliphatic carbocycles. The van der Waals surface area contributed by atoms with Crippen molar-refractivity contribution >= 4 is 17.3 Å². The van der Waals surface area contributed by atoms with Gasteiger partial charge in [-0.25, -0.2) is 4.79 Å². The highest BCUT2D eigenvalue weighted by Crippen LogP contribution is 2.33. The average Bonchev–Trinajstić information content (AvgIpc) is 2.70. The van der Waals surface area contributed by atoms with Crippen LogP contribution in [-0.2, 0) is 4.74 Å². The molecule has 0 bridgehead atoms. The zero-order valence-electron chi connectivity index (χ0n) is 11.8. The standard InChI is InChI=1S/C15H22N2O2/c1-4-19-15(18)12-6-5-7-13(14(12)16)17-8-10(2)11(3)9-17/h5-7,10-11H,4,8-9,16H2,1-3H3. The number of esters is 1. The number of carbonyl (C=O) groups excluding carboxylic acids is 1. The quantitative estimate of drug-likeness (QED) is 0.672. The van der Waals surface area contributed by atoms with Gasteiger partial charge >= 0.3 is 5.97 Å². The Hall–Kier alpha value is -1.71. The number of nitrogen functional groups attached to an aromatic ring is 1. The Balaban J connectivity index is 2.28. The molecule has 1 saturated heterocycles. The van der Waals surface area contributed by atoms with Crippen LogP contribution in [0.1, 0.15) is 31.1 Å². The van der Waals surface area contributed by atoms with Gasteiger partial charge in [0, 0.05) is 13.1 Å². The van der Waals surface area contributed by atoms with E-state index in [2.05, 4.69) is 18.7 Å². The summed E-state index contributed by atoms with van der Waals surface area (Å²) in [5.74, 6) is 0.943. The number of nitrogens with zero attached hydrogens (tertiary/aromatic N) is 1. The van der Waals surface area contributed by atoms with Crippen LogP contribution in [0.4, 0.5) is 11.4 Å². The smallest absolute Gasteiger partial charge is 0.340 e. The Labute approximate surface area is 114 Å². The molecule has 0 radical (unpaired) electrons. The first kappa shape index (κ1) is 13.7. The van der Waals surface area contributed by atoms with E-state index < -0.39 is 0 Å². The summed E-state index contributed by atoms with van der Waals surface area (Å²) in [6.07, 6.45) is 0. The van der Waals surface area contributed by atoms with Gasteiger partial charge in [0.15, 0.2) is 0 Å². The molecule has 1 aliphatic heterocycles. The molecule has 1 fully saturated rings. The molecular weight excluding hydrogens is 240 g/mol. The minimum Gasteiger partial charge on any atom is -0.462 e. The number of carbonyl (C=O) groups is 1. The van der Waals surface area contributed by atoms with Crippen LogP contribution in [0.15, 0.2) is 18.2 Å². The van der Waals surface area contributed by atoms with Crippen LogP contribution in [0.3, 0.4) is 0 Å². The molecule has 0 amide bonds. The number of para-hydroxylation sites is 1. The van der Waals surface area contributed by atoms with Crippen molar-refractivity contribution in [2.24, 2.45) is 11.8 Å². The van der Waals surface area contributed by atoms with Gasteiger partial charge in [-0.15, -0.1) is 0 Å². The second-order valence-electron chi connectivity index (χ2n) is 5.32. The molecule has 0 saturated carbocycles. The summed E-state index contributed by atoms with van der Waals surface area (Å²) in [5.41, 5.74) is 8.08. The molecule has 2 rings (SSSR count). The lowest BCUT2D eigenvalue weighted by atomic mass is 10.0. The van der Waals surface area contributed by atoms with Crippen molar-refractivity contribution in [1.82, 2.24) is 0 Å². The van der Waals surface area contributed by atoms with Gasteiger partial charge < -0.3 is 15.4 Å². The first-order valence-corrected chi connectivity index (χ1v) is 6.85. The Morgan fingerprint density at radius 1 is 1.37 bits per heavy atom. The Morgan fingerprint density at radius 3 is 2.58 bits per heavy atom. The van der Waals surface area contributed by atoms with E-state index in [1.807, 2.05) is 12.1 Å². The van der Waals surface area contributed by atoms with Crippen molar-refractivity contribution in [1.29, 1.82) is 0 Å². The van der Waals surface area contributed by atoms with Gasteiger partial charge in [0.25, 0.3) is 0 Å². The summed E-state index contributed by atoms with van der Waals surface area (Å²) in [4.78, 5) is 14.1. The van der Waals surface area contributed by atoms with Crippen molar-refractivity contribution in [3.63, 3.8) is 0 Å². The first-order valence-electron chi connectivity index (χ1n) is 6.85. The number of benzene rings is 1. The van der Waals surface area contributed by atoms with E-state index in [0.717, 1.165) is 18.8 Å². The van der Waals surface area contributed by atoms with Gasteiger partial charge in [0.2, 0.25) is 0 Å². The van der Waals surface area contributed by atoms with E-state index >= 15 is 0 Å². The third-order valence-corrected chi connectivity index (χ3v) is 3.91. The average molecular weight is 262 g/mol. The van der Waals surface area contributed by atoms with Crippen molar-refractivity contribution in [2.45, 2.75) is 20.8 Å². The van der Waals surface area contributed by atoms with E-state index in [4.69, 9.17) is 10.5 Å². The molecular formula is C15H22N2O2. The van der Waals surface area contributed by atoms with Crippen molar-refractivity contribution < 1.29 is 9.53 Å². The number of anilines is 2. The monoisotopic (exact) mass is 262 g/mol. The fourth-order valence-corrected chi connectivity index (χ4v) is 2.54. The molecule has 4 nitrogen and oxygen atoms in total. The molecule has 2 N–H and O–H groups in total. The molecule has 1 aromatic rings. The van der Waals surface area contributed by atoms with E-state index in [0.29, 0.717) is 29.7 Å². The highest BCUT2D eigenvalue weighted by molar-refractivity contribution is 5.98. The molecule has 19 heavy (non-hydrogen) atoms. The predicted molar refractivity (Wildman–Crippen MR) is 77.4 cm³/mol. The van der Waals surface area contributed by atoms with E-state index in [-0.39, 0.29) is 5.97 Å². The number of nitrogens with two attached hydrogens (primary N) is 1. The van der Waals surface area contributed by atoms with Crippen LogP contribution in [-0.4, -0.2) is 25.7 Å². The molecule has 1 aliphatic rings. The van der Waals surface area contributed by atoms with Gasteiger partial charge in [-0.3, -0.25) is 0 Å². The zero-order valence-corrected chi connectivity index (χ0v) is 11.8. The van der Waals surface area contributed by atoms with Crippen molar-refractivity contribution in [2.75, 3.05) is 30.3 Å². The SMILES string of the molecule is CCOC(=O)c1cccc(N2CC(C)C(C)C2)c1N. The molecule has 104 valence electrons. The Morgan fingerprint density at radius 2 is 2.00 bits per heavy atom. The second-order valence-corrected chi connectivity index (χ2v) is 5.32. The van der Waals surface area contributed by atoms with Crippen LogP contribution in [0.2, 0.25) is 0 Å². The summed E-state index contributed by atoms with van der Waals surface area (Å²) in [6.45, 7) is 8.61. The second kappa shape index (κ2) is 5.51. The van der Waals surface area contributed by atoms with Gasteiger partial charge in [0.05, 0.1) is 23.5 Å². The fourth-order valence-electron chi connectivity index (χ4n) is 2.54. The number of hydrogen-bond donors (Lipinski definition) is 1. The molecule has 1 aromatic carbocycles. The van der Waals surface area contributed by atoms with Crippen LogP contribution >= 0.6 is 0 Å². The maximum absolute atomic E-state index is 11.8. The Bertz CT molecular complexity index is 463. The lowest BCUT2D eigenvalue weighted by molar-refractivity contribution is 0.0527. The molecule has 0 aromatic heterocycles. The van der Waals surface area contributed by atoms with Gasteiger partial charge in [0.1, 0.15) is 0 Å². The summed E-state index contributed by atoms with van der Waals surface area (Å²) < 4.78 is 5.03. The third-order valence-electron chi connectivity index (χ3n) is 3.91. The minimum atomic E-state index is -0.345. The van der Waals surface area contributed by atoms with E-state index in [1.165, 1.54) is 0 Å². The molecule has 2 atom stereocenters.